The number of benzene rings is 1. The van der Waals surface area contributed by atoms with Gasteiger partial charge in [0, 0.05) is 15.4 Å². The van der Waals surface area contributed by atoms with Gasteiger partial charge in [-0.3, -0.25) is 0 Å². The van der Waals surface area contributed by atoms with Crippen LogP contribution in [-0.2, 0) is 6.42 Å². The van der Waals surface area contributed by atoms with Crippen molar-refractivity contribution in [2.45, 2.75) is 13.3 Å². The summed E-state index contributed by atoms with van der Waals surface area (Å²) < 4.78 is 0.954. The van der Waals surface area contributed by atoms with Gasteiger partial charge in [0.1, 0.15) is 5.69 Å². The molecule has 3 N–H and O–H groups in total. The molecule has 0 aliphatic rings. The van der Waals surface area contributed by atoms with Crippen LogP contribution < -0.4 is 5.32 Å². The number of aromatic nitrogens is 1. The Balaban J connectivity index is 0.00000180. The SMILES string of the molecule is CCNCCc1c(C(=O)O)[nH]c2ccc(Br)cc12.Cl. The first-order valence-corrected chi connectivity index (χ1v) is 6.67. The van der Waals surface area contributed by atoms with E-state index in [0.29, 0.717) is 12.1 Å². The minimum absolute atomic E-state index is 0. The van der Waals surface area contributed by atoms with E-state index in [1.165, 1.54) is 0 Å². The molecular weight excluding hydrogens is 332 g/mol. The molecule has 2 aromatic rings. The first-order valence-electron chi connectivity index (χ1n) is 5.87. The van der Waals surface area contributed by atoms with E-state index < -0.39 is 5.97 Å². The van der Waals surface area contributed by atoms with Gasteiger partial charge in [0.2, 0.25) is 0 Å². The number of hydrogen-bond acceptors (Lipinski definition) is 2. The largest absolute Gasteiger partial charge is 0.477 e. The number of carboxylic acid groups (broad SMARTS) is 1. The smallest absolute Gasteiger partial charge is 0.352 e. The standard InChI is InChI=1S/C13H15BrN2O2.ClH/c1-2-15-6-5-9-10-7-8(14)3-4-11(10)16-12(9)13(17)18;/h3-4,7,15-16H,2,5-6H2,1H3,(H,17,18);1H. The number of hydrogen-bond donors (Lipinski definition) is 3. The van der Waals surface area contributed by atoms with Crippen LogP contribution in [-0.4, -0.2) is 29.1 Å². The molecule has 0 unspecified atom stereocenters. The molecule has 0 aliphatic carbocycles. The van der Waals surface area contributed by atoms with E-state index in [-0.39, 0.29) is 12.4 Å². The minimum atomic E-state index is -0.908. The highest BCUT2D eigenvalue weighted by atomic mass is 79.9. The lowest BCUT2D eigenvalue weighted by Gasteiger charge is -2.03. The van der Waals surface area contributed by atoms with E-state index >= 15 is 0 Å². The van der Waals surface area contributed by atoms with Crippen LogP contribution in [0.5, 0.6) is 0 Å². The molecule has 104 valence electrons. The van der Waals surface area contributed by atoms with E-state index in [9.17, 15) is 9.90 Å². The van der Waals surface area contributed by atoms with Gasteiger partial charge in [-0.1, -0.05) is 22.9 Å². The van der Waals surface area contributed by atoms with Crippen LogP contribution in [0.15, 0.2) is 22.7 Å². The molecule has 1 aromatic carbocycles. The van der Waals surface area contributed by atoms with Crippen molar-refractivity contribution in [3.8, 4) is 0 Å². The van der Waals surface area contributed by atoms with Crippen molar-refractivity contribution in [2.24, 2.45) is 0 Å². The molecular formula is C13H16BrClN2O2. The summed E-state index contributed by atoms with van der Waals surface area (Å²) >= 11 is 3.42. The summed E-state index contributed by atoms with van der Waals surface area (Å²) in [5, 5.41) is 13.4. The van der Waals surface area contributed by atoms with Gasteiger partial charge in [0.05, 0.1) is 0 Å². The van der Waals surface area contributed by atoms with Crippen LogP contribution in [0, 0.1) is 0 Å². The zero-order valence-electron chi connectivity index (χ0n) is 10.5. The molecule has 19 heavy (non-hydrogen) atoms. The molecule has 1 heterocycles. The minimum Gasteiger partial charge on any atom is -0.477 e. The molecule has 0 radical (unpaired) electrons. The van der Waals surface area contributed by atoms with Crippen LogP contribution in [0.4, 0.5) is 0 Å². The molecule has 0 bridgehead atoms. The number of H-pyrrole nitrogens is 1. The first kappa shape index (κ1) is 16.0. The number of carbonyl (C=O) groups is 1. The monoisotopic (exact) mass is 346 g/mol. The van der Waals surface area contributed by atoms with Crippen LogP contribution in [0.1, 0.15) is 23.0 Å². The second-order valence-electron chi connectivity index (χ2n) is 4.08. The summed E-state index contributed by atoms with van der Waals surface area (Å²) in [7, 11) is 0. The summed E-state index contributed by atoms with van der Waals surface area (Å²) in [5.41, 5.74) is 2.02. The quantitative estimate of drug-likeness (QED) is 0.728. The maximum atomic E-state index is 11.2. The van der Waals surface area contributed by atoms with Crippen molar-refractivity contribution in [3.05, 3.63) is 33.9 Å². The van der Waals surface area contributed by atoms with Crippen molar-refractivity contribution < 1.29 is 9.90 Å². The summed E-state index contributed by atoms with van der Waals surface area (Å²) in [5.74, 6) is -0.908. The number of aromatic carboxylic acids is 1. The van der Waals surface area contributed by atoms with Gasteiger partial charge in [-0.05, 0) is 43.3 Å². The van der Waals surface area contributed by atoms with Gasteiger partial charge in [-0.2, -0.15) is 0 Å². The number of carboxylic acids is 1. The molecule has 0 aliphatic heterocycles. The maximum absolute atomic E-state index is 11.2. The average molecular weight is 348 g/mol. The van der Waals surface area contributed by atoms with E-state index in [0.717, 1.165) is 34.0 Å². The molecule has 0 saturated heterocycles. The van der Waals surface area contributed by atoms with Crippen LogP contribution in [0.25, 0.3) is 10.9 Å². The van der Waals surface area contributed by atoms with Crippen molar-refractivity contribution >= 4 is 45.2 Å². The fourth-order valence-corrected chi connectivity index (χ4v) is 2.41. The lowest BCUT2D eigenvalue weighted by Crippen LogP contribution is -2.17. The third-order valence-electron chi connectivity index (χ3n) is 2.88. The molecule has 0 spiro atoms. The normalized spacial score (nSPS) is 10.4. The molecule has 0 atom stereocenters. The fourth-order valence-electron chi connectivity index (χ4n) is 2.05. The highest BCUT2D eigenvalue weighted by molar-refractivity contribution is 9.10. The van der Waals surface area contributed by atoms with E-state index in [4.69, 9.17) is 0 Å². The van der Waals surface area contributed by atoms with Crippen LogP contribution >= 0.6 is 28.3 Å². The van der Waals surface area contributed by atoms with Gasteiger partial charge in [-0.25, -0.2) is 4.79 Å². The van der Waals surface area contributed by atoms with Gasteiger partial charge in [-0.15, -0.1) is 12.4 Å². The topological polar surface area (TPSA) is 65.1 Å². The van der Waals surface area contributed by atoms with Gasteiger partial charge in [0.25, 0.3) is 0 Å². The van der Waals surface area contributed by atoms with Crippen molar-refractivity contribution in [1.29, 1.82) is 0 Å². The highest BCUT2D eigenvalue weighted by Crippen LogP contribution is 2.26. The Bertz CT molecular complexity index is 583. The Morgan fingerprint density at radius 2 is 2.21 bits per heavy atom. The fraction of sp³-hybridized carbons (Fsp3) is 0.308. The Hall–Kier alpha value is -1.04. The zero-order chi connectivity index (χ0) is 13.1. The molecule has 4 nitrogen and oxygen atoms in total. The Morgan fingerprint density at radius 3 is 2.84 bits per heavy atom. The highest BCUT2D eigenvalue weighted by Gasteiger charge is 2.16. The third-order valence-corrected chi connectivity index (χ3v) is 3.38. The van der Waals surface area contributed by atoms with Gasteiger partial charge >= 0.3 is 5.97 Å². The predicted molar refractivity (Wildman–Crippen MR) is 82.5 cm³/mol. The van der Waals surface area contributed by atoms with Crippen molar-refractivity contribution in [3.63, 3.8) is 0 Å². The summed E-state index contributed by atoms with van der Waals surface area (Å²) in [6.45, 7) is 3.69. The van der Waals surface area contributed by atoms with Gasteiger partial charge < -0.3 is 15.4 Å². The number of rotatable bonds is 5. The number of likely N-dealkylation sites (N-methyl/N-ethyl adjacent to an activating group) is 1. The van der Waals surface area contributed by atoms with E-state index in [2.05, 4.69) is 26.2 Å². The molecule has 0 amide bonds. The number of halogens is 2. The van der Waals surface area contributed by atoms with Crippen molar-refractivity contribution in [2.75, 3.05) is 13.1 Å². The van der Waals surface area contributed by atoms with E-state index in [1.54, 1.807) is 0 Å². The first-order chi connectivity index (χ1) is 8.63. The molecule has 1 aromatic heterocycles. The third kappa shape index (κ3) is 3.49. The number of fused-ring (bicyclic) bond motifs is 1. The summed E-state index contributed by atoms with van der Waals surface area (Å²) in [4.78, 5) is 14.2. The van der Waals surface area contributed by atoms with Crippen LogP contribution in [0.2, 0.25) is 0 Å². The second-order valence-corrected chi connectivity index (χ2v) is 4.99. The summed E-state index contributed by atoms with van der Waals surface area (Å²) in [6, 6.07) is 5.75. The van der Waals surface area contributed by atoms with Crippen LogP contribution in [0.3, 0.4) is 0 Å². The lowest BCUT2D eigenvalue weighted by molar-refractivity contribution is 0.0690. The zero-order valence-corrected chi connectivity index (χ0v) is 12.9. The Morgan fingerprint density at radius 1 is 1.47 bits per heavy atom. The van der Waals surface area contributed by atoms with E-state index in [1.807, 2.05) is 25.1 Å². The molecule has 0 saturated carbocycles. The number of nitrogens with one attached hydrogen (secondary N) is 2. The Kier molecular flexibility index (Phi) is 5.85. The van der Waals surface area contributed by atoms with Crippen molar-refractivity contribution in [1.82, 2.24) is 10.3 Å². The molecule has 2 rings (SSSR count). The Labute approximate surface area is 126 Å². The summed E-state index contributed by atoms with van der Waals surface area (Å²) in [6.07, 6.45) is 0.700. The lowest BCUT2D eigenvalue weighted by atomic mass is 10.1. The average Bonchev–Trinajstić information content (AvgIpc) is 2.68. The van der Waals surface area contributed by atoms with Gasteiger partial charge in [0.15, 0.2) is 0 Å². The number of aromatic amines is 1. The second kappa shape index (κ2) is 6.93. The molecule has 6 heteroatoms. The predicted octanol–water partition coefficient (Wildman–Crippen LogP) is 3.20. The maximum Gasteiger partial charge on any atom is 0.352 e. The molecule has 0 fully saturated rings.